The summed E-state index contributed by atoms with van der Waals surface area (Å²) < 4.78 is 11.0. The molecular formula is C12H16N2O3. The Bertz CT molecular complexity index is 414. The van der Waals surface area contributed by atoms with Gasteiger partial charge in [-0.05, 0) is 12.1 Å². The first kappa shape index (κ1) is 11.7. The van der Waals surface area contributed by atoms with Gasteiger partial charge in [-0.25, -0.2) is 0 Å². The predicted octanol–water partition coefficient (Wildman–Crippen LogP) is 0.926. The molecule has 0 spiro atoms. The van der Waals surface area contributed by atoms with Gasteiger partial charge in [0.05, 0.1) is 24.5 Å². The number of ether oxygens (including phenoxy) is 2. The third-order valence-corrected chi connectivity index (χ3v) is 2.76. The lowest BCUT2D eigenvalue weighted by molar-refractivity contribution is 0.0255. The summed E-state index contributed by atoms with van der Waals surface area (Å²) in [6.45, 7) is 1.34. The molecule has 0 aliphatic carbocycles. The van der Waals surface area contributed by atoms with Gasteiger partial charge in [-0.15, -0.1) is 0 Å². The smallest absolute Gasteiger partial charge is 0.252 e. The Kier molecular flexibility index (Phi) is 3.49. The van der Waals surface area contributed by atoms with Crippen LogP contribution in [0.15, 0.2) is 18.2 Å². The maximum Gasteiger partial charge on any atom is 0.252 e. The van der Waals surface area contributed by atoms with Crippen molar-refractivity contribution in [3.8, 4) is 5.75 Å². The topological polar surface area (TPSA) is 87.6 Å². The van der Waals surface area contributed by atoms with E-state index in [2.05, 4.69) is 0 Å². The first-order valence-electron chi connectivity index (χ1n) is 5.61. The molecule has 1 aromatic carbocycles. The predicted molar refractivity (Wildman–Crippen MR) is 63.8 cm³/mol. The first-order valence-corrected chi connectivity index (χ1v) is 5.61. The van der Waals surface area contributed by atoms with Crippen molar-refractivity contribution in [2.24, 2.45) is 5.73 Å². The van der Waals surface area contributed by atoms with Crippen LogP contribution < -0.4 is 16.2 Å². The van der Waals surface area contributed by atoms with Crippen molar-refractivity contribution < 1.29 is 14.3 Å². The average Bonchev–Trinajstić information content (AvgIpc) is 2.33. The van der Waals surface area contributed by atoms with E-state index in [0.717, 1.165) is 12.8 Å². The summed E-state index contributed by atoms with van der Waals surface area (Å²) in [5, 5.41) is 0. The molecule has 1 amide bonds. The van der Waals surface area contributed by atoms with Gasteiger partial charge in [-0.3, -0.25) is 4.79 Å². The van der Waals surface area contributed by atoms with Crippen molar-refractivity contribution >= 4 is 11.6 Å². The summed E-state index contributed by atoms with van der Waals surface area (Å²) in [7, 11) is 0. The van der Waals surface area contributed by atoms with Crippen LogP contribution in [0, 0.1) is 0 Å². The second kappa shape index (κ2) is 5.05. The Hall–Kier alpha value is -1.75. The molecule has 0 bridgehead atoms. The fourth-order valence-corrected chi connectivity index (χ4v) is 1.84. The number of nitrogen functional groups attached to an aromatic ring is 1. The van der Waals surface area contributed by atoms with Crippen molar-refractivity contribution in [3.63, 3.8) is 0 Å². The van der Waals surface area contributed by atoms with E-state index in [1.165, 1.54) is 0 Å². The molecule has 5 heteroatoms. The molecule has 1 saturated heterocycles. The van der Waals surface area contributed by atoms with E-state index >= 15 is 0 Å². The van der Waals surface area contributed by atoms with E-state index in [4.69, 9.17) is 20.9 Å². The van der Waals surface area contributed by atoms with Crippen LogP contribution in [-0.4, -0.2) is 25.2 Å². The summed E-state index contributed by atoms with van der Waals surface area (Å²) in [4.78, 5) is 11.3. The number of hydrogen-bond donors (Lipinski definition) is 2. The maximum atomic E-state index is 11.3. The van der Waals surface area contributed by atoms with E-state index in [1.54, 1.807) is 18.2 Å². The average molecular weight is 236 g/mol. The third-order valence-electron chi connectivity index (χ3n) is 2.76. The minimum Gasteiger partial charge on any atom is -0.487 e. The number of primary amides is 1. The van der Waals surface area contributed by atoms with Crippen LogP contribution in [0.1, 0.15) is 23.2 Å². The number of nitrogens with two attached hydrogens (primary N) is 2. The van der Waals surface area contributed by atoms with E-state index in [1.807, 2.05) is 0 Å². The number of anilines is 1. The molecule has 1 aliphatic rings. The number of carbonyl (C=O) groups excluding carboxylic acids is 1. The Morgan fingerprint density at radius 2 is 2.06 bits per heavy atom. The number of para-hydroxylation sites is 1. The Labute approximate surface area is 99.7 Å². The number of carbonyl (C=O) groups is 1. The summed E-state index contributed by atoms with van der Waals surface area (Å²) in [6.07, 6.45) is 1.63. The summed E-state index contributed by atoms with van der Waals surface area (Å²) in [5.74, 6) is -0.133. The van der Waals surface area contributed by atoms with Crippen LogP contribution in [0.5, 0.6) is 5.75 Å². The molecule has 0 aromatic heterocycles. The first-order chi connectivity index (χ1) is 8.18. The lowest BCUT2D eigenvalue weighted by Gasteiger charge is -2.24. The highest BCUT2D eigenvalue weighted by molar-refractivity contribution is 5.97. The van der Waals surface area contributed by atoms with Crippen molar-refractivity contribution in [2.45, 2.75) is 18.9 Å². The van der Waals surface area contributed by atoms with E-state index in [9.17, 15) is 4.79 Å². The largest absolute Gasteiger partial charge is 0.487 e. The number of benzene rings is 1. The van der Waals surface area contributed by atoms with Gasteiger partial charge in [0, 0.05) is 12.8 Å². The zero-order valence-corrected chi connectivity index (χ0v) is 9.52. The lowest BCUT2D eigenvalue weighted by atomic mass is 10.1. The second-order valence-corrected chi connectivity index (χ2v) is 4.02. The molecule has 5 nitrogen and oxygen atoms in total. The fraction of sp³-hybridized carbons (Fsp3) is 0.417. The van der Waals surface area contributed by atoms with Crippen LogP contribution in [0.25, 0.3) is 0 Å². The maximum absolute atomic E-state index is 11.3. The van der Waals surface area contributed by atoms with Crippen LogP contribution in [0.3, 0.4) is 0 Å². The minimum atomic E-state index is -0.528. The molecule has 17 heavy (non-hydrogen) atoms. The van der Waals surface area contributed by atoms with Gasteiger partial charge in [0.2, 0.25) is 0 Å². The molecule has 0 radical (unpaired) electrons. The van der Waals surface area contributed by atoms with Crippen LogP contribution in [0.2, 0.25) is 0 Å². The van der Waals surface area contributed by atoms with Crippen molar-refractivity contribution in [2.75, 3.05) is 18.9 Å². The van der Waals surface area contributed by atoms with Gasteiger partial charge in [-0.2, -0.15) is 0 Å². The highest BCUT2D eigenvalue weighted by Gasteiger charge is 2.19. The van der Waals surface area contributed by atoms with E-state index in [0.29, 0.717) is 30.2 Å². The fourth-order valence-electron chi connectivity index (χ4n) is 1.84. The Morgan fingerprint density at radius 1 is 1.35 bits per heavy atom. The molecule has 1 aromatic rings. The van der Waals surface area contributed by atoms with Crippen molar-refractivity contribution in [1.82, 2.24) is 0 Å². The highest BCUT2D eigenvalue weighted by atomic mass is 16.5. The SMILES string of the molecule is NC(=O)c1cccc(N)c1OC1CCOCC1. The zero-order chi connectivity index (χ0) is 12.3. The molecule has 2 rings (SSSR count). The molecule has 4 N–H and O–H groups in total. The standard InChI is InChI=1S/C12H16N2O3/c13-10-3-1-2-9(12(14)15)11(10)17-8-4-6-16-7-5-8/h1-3,8H,4-7,13H2,(H2,14,15). The van der Waals surface area contributed by atoms with Gasteiger partial charge in [0.1, 0.15) is 6.10 Å². The zero-order valence-electron chi connectivity index (χ0n) is 9.52. The van der Waals surface area contributed by atoms with Crippen molar-refractivity contribution in [1.29, 1.82) is 0 Å². The second-order valence-electron chi connectivity index (χ2n) is 4.02. The monoisotopic (exact) mass is 236 g/mol. The van der Waals surface area contributed by atoms with E-state index in [-0.39, 0.29) is 6.10 Å². The molecule has 1 aliphatic heterocycles. The van der Waals surface area contributed by atoms with Gasteiger partial charge in [0.15, 0.2) is 5.75 Å². The van der Waals surface area contributed by atoms with Crippen molar-refractivity contribution in [3.05, 3.63) is 23.8 Å². The van der Waals surface area contributed by atoms with Gasteiger partial charge < -0.3 is 20.9 Å². The third kappa shape index (κ3) is 2.68. The highest BCUT2D eigenvalue weighted by Crippen LogP contribution is 2.28. The number of rotatable bonds is 3. The van der Waals surface area contributed by atoms with Crippen LogP contribution >= 0.6 is 0 Å². The van der Waals surface area contributed by atoms with Gasteiger partial charge in [-0.1, -0.05) is 6.07 Å². The lowest BCUT2D eigenvalue weighted by Crippen LogP contribution is -2.27. The number of hydrogen-bond acceptors (Lipinski definition) is 4. The molecule has 0 unspecified atom stereocenters. The molecule has 0 saturated carbocycles. The molecule has 1 fully saturated rings. The van der Waals surface area contributed by atoms with Gasteiger partial charge >= 0.3 is 0 Å². The molecular weight excluding hydrogens is 220 g/mol. The summed E-state index contributed by atoms with van der Waals surface area (Å²) >= 11 is 0. The normalized spacial score (nSPS) is 16.7. The molecule has 0 atom stereocenters. The quantitative estimate of drug-likeness (QED) is 0.764. The molecule has 1 heterocycles. The Balaban J connectivity index is 2.21. The number of amides is 1. The van der Waals surface area contributed by atoms with Gasteiger partial charge in [0.25, 0.3) is 5.91 Å². The van der Waals surface area contributed by atoms with Crippen LogP contribution in [0.4, 0.5) is 5.69 Å². The van der Waals surface area contributed by atoms with E-state index < -0.39 is 5.91 Å². The van der Waals surface area contributed by atoms with Crippen LogP contribution in [-0.2, 0) is 4.74 Å². The Morgan fingerprint density at radius 3 is 2.71 bits per heavy atom. The summed E-state index contributed by atoms with van der Waals surface area (Å²) in [6, 6.07) is 5.00. The molecule has 92 valence electrons. The summed E-state index contributed by atoms with van der Waals surface area (Å²) in [5.41, 5.74) is 11.9. The minimum absolute atomic E-state index is 0.0338.